The fourth-order valence-corrected chi connectivity index (χ4v) is 5.65. The molecule has 0 aliphatic carbocycles. The van der Waals surface area contributed by atoms with Crippen molar-refractivity contribution in [3.05, 3.63) is 107 Å². The van der Waals surface area contributed by atoms with Gasteiger partial charge in [0.15, 0.2) is 5.69 Å². The Labute approximate surface area is 236 Å². The monoisotopic (exact) mass is 598 g/mol. The minimum Gasteiger partial charge on any atom is -0.476 e. The number of benzene rings is 3. The van der Waals surface area contributed by atoms with Gasteiger partial charge in [-0.2, -0.15) is 18.3 Å². The van der Waals surface area contributed by atoms with Gasteiger partial charge in [0.05, 0.1) is 22.7 Å². The largest absolute Gasteiger partial charge is 0.476 e. The third-order valence-corrected chi connectivity index (χ3v) is 7.95. The molecule has 3 aromatic carbocycles. The highest BCUT2D eigenvalue weighted by Gasteiger charge is 2.33. The van der Waals surface area contributed by atoms with E-state index < -0.39 is 28.6 Å². The highest BCUT2D eigenvalue weighted by molar-refractivity contribution is 7.89. The van der Waals surface area contributed by atoms with Gasteiger partial charge in [0.2, 0.25) is 15.2 Å². The quantitative estimate of drug-likeness (QED) is 0.236. The molecule has 5 aromatic rings. The highest BCUT2D eigenvalue weighted by Crippen LogP contribution is 2.36. The molecule has 0 amide bonds. The number of alkyl halides is 3. The minimum absolute atomic E-state index is 0.0294. The molecule has 3 N–H and O–H groups in total. The fourth-order valence-electron chi connectivity index (χ4n) is 4.39. The molecule has 0 spiro atoms. The van der Waals surface area contributed by atoms with Crippen LogP contribution in [0.15, 0.2) is 89.1 Å². The van der Waals surface area contributed by atoms with Crippen molar-refractivity contribution in [2.45, 2.75) is 23.9 Å². The summed E-state index contributed by atoms with van der Waals surface area (Å²) in [4.78, 5) is 15.5. The molecule has 2 aromatic heterocycles. The lowest BCUT2D eigenvalue weighted by atomic mass is 9.95. The van der Waals surface area contributed by atoms with E-state index >= 15 is 0 Å². The van der Waals surface area contributed by atoms with Crippen LogP contribution in [0.5, 0.6) is 0 Å². The number of hydrogen-bond donors (Lipinski definition) is 2. The Morgan fingerprint density at radius 2 is 1.61 bits per heavy atom. The fraction of sp³-hybridized carbons (Fsp3) is 0.107. The smallest absolute Gasteiger partial charge is 0.394 e. The first-order valence-electron chi connectivity index (χ1n) is 12.0. The van der Waals surface area contributed by atoms with E-state index in [0.717, 1.165) is 22.5 Å². The van der Waals surface area contributed by atoms with Crippen molar-refractivity contribution in [3.8, 4) is 27.5 Å². The lowest BCUT2D eigenvalue weighted by molar-refractivity contribution is -0.128. The number of rotatable bonds is 8. The zero-order chi connectivity index (χ0) is 29.4. The second kappa shape index (κ2) is 10.9. The summed E-state index contributed by atoms with van der Waals surface area (Å²) < 4.78 is 65.9. The van der Waals surface area contributed by atoms with Crippen molar-refractivity contribution < 1.29 is 31.5 Å². The number of aromatic carboxylic acids is 1. The summed E-state index contributed by atoms with van der Waals surface area (Å²) in [6.45, 7) is 0. The van der Waals surface area contributed by atoms with Crippen LogP contribution < -0.4 is 5.14 Å². The number of carbonyl (C=O) groups is 1. The molecule has 0 saturated heterocycles. The van der Waals surface area contributed by atoms with Crippen LogP contribution in [-0.2, 0) is 22.9 Å². The van der Waals surface area contributed by atoms with Crippen molar-refractivity contribution in [1.29, 1.82) is 0 Å². The SMILES string of the molecule is NS(=O)(=O)c1ccc(Cc2c(CC(F)(F)F)nn(-c3nc(C(=O)O)cs3)c2-c2cccc(-c3ccccc3)c2)cc1. The molecule has 0 unspecified atom stereocenters. The zero-order valence-corrected chi connectivity index (χ0v) is 22.7. The number of nitrogens with two attached hydrogens (primary N) is 1. The van der Waals surface area contributed by atoms with Crippen LogP contribution in [0.4, 0.5) is 13.2 Å². The molecule has 0 radical (unpaired) electrons. The lowest BCUT2D eigenvalue weighted by Gasteiger charge is -2.12. The van der Waals surface area contributed by atoms with Crippen LogP contribution in [0, 0.1) is 0 Å². The number of carboxylic acid groups (broad SMARTS) is 1. The number of nitrogens with zero attached hydrogens (tertiary/aromatic N) is 3. The lowest BCUT2D eigenvalue weighted by Crippen LogP contribution is -2.14. The van der Waals surface area contributed by atoms with Crippen LogP contribution in [0.2, 0.25) is 0 Å². The van der Waals surface area contributed by atoms with E-state index in [9.17, 15) is 31.5 Å². The first-order valence-corrected chi connectivity index (χ1v) is 14.5. The van der Waals surface area contributed by atoms with Gasteiger partial charge in [-0.3, -0.25) is 0 Å². The number of primary sulfonamides is 1. The van der Waals surface area contributed by atoms with Crippen molar-refractivity contribution in [2.75, 3.05) is 0 Å². The molecule has 0 fully saturated rings. The molecule has 13 heteroatoms. The number of halogens is 3. The second-order valence-electron chi connectivity index (χ2n) is 9.11. The van der Waals surface area contributed by atoms with Crippen LogP contribution in [0.25, 0.3) is 27.5 Å². The molecule has 0 bridgehead atoms. The first kappa shape index (κ1) is 28.2. The van der Waals surface area contributed by atoms with Gasteiger partial charge in [-0.15, -0.1) is 11.3 Å². The van der Waals surface area contributed by atoms with Gasteiger partial charge in [-0.1, -0.05) is 60.7 Å². The molecule has 0 aliphatic rings. The van der Waals surface area contributed by atoms with Crippen LogP contribution in [0.1, 0.15) is 27.3 Å². The van der Waals surface area contributed by atoms with Crippen molar-refractivity contribution in [3.63, 3.8) is 0 Å². The summed E-state index contributed by atoms with van der Waals surface area (Å²) in [5.74, 6) is -1.28. The average molecular weight is 599 g/mol. The van der Waals surface area contributed by atoms with Crippen molar-refractivity contribution in [1.82, 2.24) is 14.8 Å². The van der Waals surface area contributed by atoms with Gasteiger partial charge in [-0.25, -0.2) is 28.0 Å². The maximum absolute atomic E-state index is 13.8. The van der Waals surface area contributed by atoms with Gasteiger partial charge >= 0.3 is 12.1 Å². The van der Waals surface area contributed by atoms with Crippen LogP contribution >= 0.6 is 11.3 Å². The first-order chi connectivity index (χ1) is 19.4. The molecule has 2 heterocycles. The number of hydrogen-bond acceptors (Lipinski definition) is 6. The van der Waals surface area contributed by atoms with E-state index in [1.54, 1.807) is 12.1 Å². The topological polar surface area (TPSA) is 128 Å². The van der Waals surface area contributed by atoms with Gasteiger partial charge in [0.25, 0.3) is 0 Å². The van der Waals surface area contributed by atoms with E-state index in [2.05, 4.69) is 10.1 Å². The molecule has 0 saturated carbocycles. The Hall–Kier alpha value is -4.33. The summed E-state index contributed by atoms with van der Waals surface area (Å²) in [5.41, 5.74) is 2.77. The third-order valence-electron chi connectivity index (χ3n) is 6.20. The Morgan fingerprint density at radius 3 is 2.22 bits per heavy atom. The summed E-state index contributed by atoms with van der Waals surface area (Å²) in [6.07, 6.45) is -5.96. The van der Waals surface area contributed by atoms with E-state index in [4.69, 9.17) is 5.14 Å². The number of aromatic nitrogens is 3. The number of sulfonamides is 1. The standard InChI is InChI=1S/C28H21F3N4O4S2/c29-28(30,31)15-23-22(13-17-9-11-21(12-10-17)41(32,38)39)25(35(34-23)27-33-24(16-40-27)26(36)37)20-8-4-7-19(14-20)18-5-2-1-3-6-18/h1-12,14,16H,13,15H2,(H,36,37)(H2,32,38,39). The predicted molar refractivity (Wildman–Crippen MR) is 147 cm³/mol. The van der Waals surface area contributed by atoms with E-state index in [-0.39, 0.29) is 33.4 Å². The van der Waals surface area contributed by atoms with Crippen LogP contribution in [-0.4, -0.2) is 40.4 Å². The predicted octanol–water partition coefficient (Wildman–Crippen LogP) is 5.70. The molecular formula is C28H21F3N4O4S2. The molecule has 41 heavy (non-hydrogen) atoms. The van der Waals surface area contributed by atoms with Gasteiger partial charge in [0.1, 0.15) is 0 Å². The molecular weight excluding hydrogens is 577 g/mol. The normalized spacial score (nSPS) is 12.0. The summed E-state index contributed by atoms with van der Waals surface area (Å²) in [5, 5.41) is 20.3. The van der Waals surface area contributed by atoms with E-state index in [1.807, 2.05) is 42.5 Å². The number of thiazole rings is 1. The molecule has 8 nitrogen and oxygen atoms in total. The summed E-state index contributed by atoms with van der Waals surface area (Å²) >= 11 is 0.938. The Morgan fingerprint density at radius 1 is 0.951 bits per heavy atom. The van der Waals surface area contributed by atoms with Gasteiger partial charge < -0.3 is 5.11 Å². The minimum atomic E-state index is -4.59. The third kappa shape index (κ3) is 6.37. The van der Waals surface area contributed by atoms with Gasteiger partial charge in [-0.05, 0) is 34.9 Å². The van der Waals surface area contributed by atoms with E-state index in [1.165, 1.54) is 34.3 Å². The Kier molecular flexibility index (Phi) is 7.51. The summed E-state index contributed by atoms with van der Waals surface area (Å²) in [7, 11) is -3.96. The zero-order valence-electron chi connectivity index (χ0n) is 21.0. The average Bonchev–Trinajstić information content (AvgIpc) is 3.54. The molecule has 0 aliphatic heterocycles. The Balaban J connectivity index is 1.73. The maximum Gasteiger partial charge on any atom is 0.394 e. The van der Waals surface area contributed by atoms with Crippen molar-refractivity contribution >= 4 is 27.3 Å². The van der Waals surface area contributed by atoms with E-state index in [0.29, 0.717) is 16.8 Å². The van der Waals surface area contributed by atoms with Crippen molar-refractivity contribution in [2.24, 2.45) is 5.14 Å². The highest BCUT2D eigenvalue weighted by atomic mass is 32.2. The maximum atomic E-state index is 13.8. The van der Waals surface area contributed by atoms with Crippen LogP contribution in [0.3, 0.4) is 0 Å². The number of carboxylic acids is 1. The summed E-state index contributed by atoms with van der Waals surface area (Å²) in [6, 6.07) is 22.1. The molecule has 0 atom stereocenters. The molecule has 210 valence electrons. The molecule has 5 rings (SSSR count). The second-order valence-corrected chi connectivity index (χ2v) is 11.5. The Bertz CT molecular complexity index is 1830. The van der Waals surface area contributed by atoms with Gasteiger partial charge in [0, 0.05) is 22.9 Å².